The molecule has 0 aliphatic carbocycles. The maximum atomic E-state index is 9.51. The van der Waals surface area contributed by atoms with Crippen LogP contribution in [0.15, 0.2) is 79.0 Å². The smallest absolute Gasteiger partial charge is 0.137 e. The number of benzene rings is 3. The number of nitriles is 1. The third-order valence-corrected chi connectivity index (χ3v) is 6.83. The molecule has 0 saturated heterocycles. The second-order valence-corrected chi connectivity index (χ2v) is 11.4. The van der Waals surface area contributed by atoms with E-state index in [2.05, 4.69) is 101 Å². The summed E-state index contributed by atoms with van der Waals surface area (Å²) < 4.78 is 2.25. The highest BCUT2D eigenvalue weighted by Gasteiger charge is 2.21. The number of hydrogen-bond acceptors (Lipinski definition) is 2. The molecule has 0 aliphatic rings. The molecule has 5 rings (SSSR count). The van der Waals surface area contributed by atoms with Gasteiger partial charge in [0.2, 0.25) is 0 Å². The van der Waals surface area contributed by atoms with E-state index >= 15 is 0 Å². The van der Waals surface area contributed by atoms with Crippen LogP contribution >= 0.6 is 0 Å². The summed E-state index contributed by atoms with van der Waals surface area (Å²) in [7, 11) is 0. The number of nitrogens with zero attached hydrogens (tertiary/aromatic N) is 3. The number of aromatic nitrogens is 2. The first kappa shape index (κ1) is 22.9. The van der Waals surface area contributed by atoms with E-state index in [1.54, 1.807) is 0 Å². The Hall–Kier alpha value is -3.90. The second kappa shape index (κ2) is 8.10. The molecule has 2 heterocycles. The quantitative estimate of drug-likeness (QED) is 0.267. The van der Waals surface area contributed by atoms with Crippen molar-refractivity contribution in [2.24, 2.45) is 0 Å². The van der Waals surface area contributed by atoms with Gasteiger partial charge in [-0.05, 0) is 64.4 Å². The monoisotopic (exact) mass is 457 g/mol. The van der Waals surface area contributed by atoms with Gasteiger partial charge in [0.05, 0.1) is 22.7 Å². The first-order valence-electron chi connectivity index (χ1n) is 12.1. The van der Waals surface area contributed by atoms with E-state index in [0.717, 1.165) is 28.0 Å². The van der Waals surface area contributed by atoms with Crippen molar-refractivity contribution >= 4 is 21.8 Å². The average molecular weight is 458 g/mol. The second-order valence-electron chi connectivity index (χ2n) is 11.4. The van der Waals surface area contributed by atoms with Gasteiger partial charge in [-0.3, -0.25) is 4.57 Å². The van der Waals surface area contributed by atoms with Crippen molar-refractivity contribution in [1.29, 1.82) is 5.26 Å². The largest absolute Gasteiger partial charge is 0.294 e. The summed E-state index contributed by atoms with van der Waals surface area (Å²) in [5.74, 6) is 0.871. The first-order valence-corrected chi connectivity index (χ1v) is 12.1. The standard InChI is InChI=1S/C32H31N3/c1-31(2,3)23-12-14-28-26(17-23)27-18-24(32(4,5)6)13-15-29(27)35(28)30-16-11-22(20-34-30)25-10-8-7-9-21(25)19-33/h7-18,20H,1-6H3. The van der Waals surface area contributed by atoms with Gasteiger partial charge in [0, 0.05) is 28.1 Å². The Labute approximate surface area is 207 Å². The van der Waals surface area contributed by atoms with Crippen molar-refractivity contribution in [2.75, 3.05) is 0 Å². The zero-order chi connectivity index (χ0) is 25.0. The van der Waals surface area contributed by atoms with E-state index in [1.165, 1.54) is 21.9 Å². The average Bonchev–Trinajstić information content (AvgIpc) is 3.16. The Morgan fingerprint density at radius 1 is 0.714 bits per heavy atom. The Bertz CT molecular complexity index is 1530. The summed E-state index contributed by atoms with van der Waals surface area (Å²) in [6.07, 6.45) is 1.87. The molecule has 5 aromatic rings. The minimum Gasteiger partial charge on any atom is -0.294 e. The van der Waals surface area contributed by atoms with Crippen molar-refractivity contribution in [3.8, 4) is 23.0 Å². The van der Waals surface area contributed by atoms with Gasteiger partial charge in [0.15, 0.2) is 0 Å². The fourth-order valence-corrected chi connectivity index (χ4v) is 4.71. The zero-order valence-corrected chi connectivity index (χ0v) is 21.3. The van der Waals surface area contributed by atoms with E-state index in [4.69, 9.17) is 4.98 Å². The molecule has 0 N–H and O–H groups in total. The Morgan fingerprint density at radius 2 is 1.29 bits per heavy atom. The first-order chi connectivity index (χ1) is 16.6. The highest BCUT2D eigenvalue weighted by atomic mass is 15.1. The lowest BCUT2D eigenvalue weighted by molar-refractivity contribution is 0.590. The topological polar surface area (TPSA) is 41.6 Å². The fraction of sp³-hybridized carbons (Fsp3) is 0.250. The van der Waals surface area contributed by atoms with Gasteiger partial charge in [0.1, 0.15) is 5.82 Å². The number of pyridine rings is 1. The molecule has 2 aromatic heterocycles. The van der Waals surface area contributed by atoms with Crippen LogP contribution < -0.4 is 0 Å². The minimum atomic E-state index is 0.0677. The third kappa shape index (κ3) is 4.00. The van der Waals surface area contributed by atoms with Gasteiger partial charge in [0.25, 0.3) is 0 Å². The van der Waals surface area contributed by atoms with Crippen LogP contribution in [0.2, 0.25) is 0 Å². The molecule has 0 spiro atoms. The van der Waals surface area contributed by atoms with Crippen molar-refractivity contribution in [3.05, 3.63) is 95.7 Å². The van der Waals surface area contributed by atoms with Crippen molar-refractivity contribution < 1.29 is 0 Å². The van der Waals surface area contributed by atoms with Crippen molar-refractivity contribution in [3.63, 3.8) is 0 Å². The van der Waals surface area contributed by atoms with Gasteiger partial charge < -0.3 is 0 Å². The Kier molecular flexibility index (Phi) is 5.29. The van der Waals surface area contributed by atoms with E-state index in [-0.39, 0.29) is 10.8 Å². The van der Waals surface area contributed by atoms with Crippen LogP contribution in [0.25, 0.3) is 38.8 Å². The molecule has 3 nitrogen and oxygen atoms in total. The molecule has 3 heteroatoms. The normalized spacial score (nSPS) is 12.3. The lowest BCUT2D eigenvalue weighted by Gasteiger charge is -2.19. The summed E-state index contributed by atoms with van der Waals surface area (Å²) in [6, 6.07) is 27.7. The number of fused-ring (bicyclic) bond motifs is 3. The molecule has 0 amide bonds. The van der Waals surface area contributed by atoms with Gasteiger partial charge in [-0.2, -0.15) is 5.26 Å². The van der Waals surface area contributed by atoms with Gasteiger partial charge in [-0.15, -0.1) is 0 Å². The molecule has 0 radical (unpaired) electrons. The Morgan fingerprint density at radius 3 is 1.77 bits per heavy atom. The Balaban J connectivity index is 1.74. The molecule has 0 saturated carbocycles. The molecule has 0 fully saturated rings. The molecule has 0 atom stereocenters. The van der Waals surface area contributed by atoms with E-state index < -0.39 is 0 Å². The third-order valence-electron chi connectivity index (χ3n) is 6.83. The molecule has 35 heavy (non-hydrogen) atoms. The van der Waals surface area contributed by atoms with Crippen LogP contribution in [-0.2, 0) is 10.8 Å². The van der Waals surface area contributed by atoms with E-state index in [0.29, 0.717) is 5.56 Å². The highest BCUT2D eigenvalue weighted by molar-refractivity contribution is 6.09. The van der Waals surface area contributed by atoms with Crippen LogP contribution in [0.3, 0.4) is 0 Å². The van der Waals surface area contributed by atoms with Crippen LogP contribution in [-0.4, -0.2) is 9.55 Å². The summed E-state index contributed by atoms with van der Waals surface area (Å²) in [5.41, 5.74) is 7.58. The molecule has 174 valence electrons. The summed E-state index contributed by atoms with van der Waals surface area (Å²) in [6.45, 7) is 13.5. The predicted molar refractivity (Wildman–Crippen MR) is 146 cm³/mol. The lowest BCUT2D eigenvalue weighted by Crippen LogP contribution is -2.10. The maximum Gasteiger partial charge on any atom is 0.137 e. The van der Waals surface area contributed by atoms with E-state index in [9.17, 15) is 5.26 Å². The van der Waals surface area contributed by atoms with Crippen LogP contribution in [0.1, 0.15) is 58.2 Å². The van der Waals surface area contributed by atoms with Crippen molar-refractivity contribution in [1.82, 2.24) is 9.55 Å². The predicted octanol–water partition coefficient (Wildman–Crippen LogP) is 8.31. The molecule has 0 aliphatic heterocycles. The zero-order valence-electron chi connectivity index (χ0n) is 21.3. The summed E-state index contributed by atoms with van der Waals surface area (Å²) in [4.78, 5) is 4.87. The van der Waals surface area contributed by atoms with Crippen LogP contribution in [0.4, 0.5) is 0 Å². The van der Waals surface area contributed by atoms with Crippen molar-refractivity contribution in [2.45, 2.75) is 52.4 Å². The maximum absolute atomic E-state index is 9.51. The highest BCUT2D eigenvalue weighted by Crippen LogP contribution is 2.37. The minimum absolute atomic E-state index is 0.0677. The van der Waals surface area contributed by atoms with E-state index in [1.807, 2.05) is 30.5 Å². The van der Waals surface area contributed by atoms with Gasteiger partial charge in [-0.1, -0.05) is 71.9 Å². The van der Waals surface area contributed by atoms with Crippen LogP contribution in [0, 0.1) is 11.3 Å². The fourth-order valence-electron chi connectivity index (χ4n) is 4.71. The molecular formula is C32H31N3. The van der Waals surface area contributed by atoms with Gasteiger partial charge >= 0.3 is 0 Å². The molecule has 0 unspecified atom stereocenters. The number of hydrogen-bond donors (Lipinski definition) is 0. The molecule has 0 bridgehead atoms. The molecule has 3 aromatic carbocycles. The SMILES string of the molecule is CC(C)(C)c1ccc2c(c1)c1cc(C(C)(C)C)ccc1n2-c1ccc(-c2ccccc2C#N)cn1. The lowest BCUT2D eigenvalue weighted by atomic mass is 9.85. The van der Waals surface area contributed by atoms with Gasteiger partial charge in [-0.25, -0.2) is 4.98 Å². The summed E-state index contributed by atoms with van der Waals surface area (Å²) >= 11 is 0. The summed E-state index contributed by atoms with van der Waals surface area (Å²) in [5, 5.41) is 12.0. The molecular weight excluding hydrogens is 426 g/mol. The number of rotatable bonds is 2. The van der Waals surface area contributed by atoms with Crippen LogP contribution in [0.5, 0.6) is 0 Å².